The number of carboxylic acids is 1. The Morgan fingerprint density at radius 2 is 1.91 bits per heavy atom. The highest BCUT2D eigenvalue weighted by Gasteiger charge is 2.36. The number of hydrogen-bond acceptors (Lipinski definition) is 3. The molecule has 1 aromatic rings. The number of carbonyl (C=O) groups excluding carboxylic acids is 2. The van der Waals surface area contributed by atoms with E-state index in [1.165, 1.54) is 6.07 Å². The molecule has 1 unspecified atom stereocenters. The van der Waals surface area contributed by atoms with Gasteiger partial charge in [-0.15, -0.1) is 0 Å². The summed E-state index contributed by atoms with van der Waals surface area (Å²) >= 11 is 11.8. The zero-order valence-corrected chi connectivity index (χ0v) is 13.8. The van der Waals surface area contributed by atoms with Crippen LogP contribution in [-0.2, 0) is 9.59 Å². The molecule has 8 heteroatoms. The van der Waals surface area contributed by atoms with Crippen LogP contribution < -0.4 is 10.6 Å². The first-order chi connectivity index (χ1) is 10.8. The van der Waals surface area contributed by atoms with Crippen LogP contribution in [0.2, 0.25) is 10.0 Å². The lowest BCUT2D eigenvalue weighted by Gasteiger charge is -2.33. The highest BCUT2D eigenvalue weighted by molar-refractivity contribution is 6.43. The minimum atomic E-state index is -0.854. The Balaban J connectivity index is 1.87. The fraction of sp³-hybridized carbons (Fsp3) is 0.400. The summed E-state index contributed by atoms with van der Waals surface area (Å²) in [7, 11) is 0. The van der Waals surface area contributed by atoms with Crippen LogP contribution in [0.25, 0.3) is 0 Å². The van der Waals surface area contributed by atoms with Crippen molar-refractivity contribution in [1.82, 2.24) is 10.6 Å². The molecular weight excluding hydrogens is 343 g/mol. The normalized spacial score (nSPS) is 21.0. The molecular formula is C15H16Cl2N2O4. The molecule has 0 saturated heterocycles. The van der Waals surface area contributed by atoms with Gasteiger partial charge < -0.3 is 15.7 Å². The van der Waals surface area contributed by atoms with E-state index in [-0.39, 0.29) is 27.6 Å². The van der Waals surface area contributed by atoms with Gasteiger partial charge in [0.15, 0.2) is 0 Å². The second kappa shape index (κ2) is 7.19. The molecule has 0 bridgehead atoms. The van der Waals surface area contributed by atoms with E-state index in [2.05, 4.69) is 10.6 Å². The van der Waals surface area contributed by atoms with Gasteiger partial charge in [0, 0.05) is 6.04 Å². The number of halogens is 2. The standard InChI is InChI=1S/C15H16Cl2N2O4/c1-7(13(20)19-9-5-8(6-9)15(22)23)18-14(21)10-3-2-4-11(16)12(10)17/h2-4,7-9H,5-6H2,1H3,(H,18,21)(H,19,20)(H,22,23). The van der Waals surface area contributed by atoms with Gasteiger partial charge in [0.25, 0.3) is 5.91 Å². The predicted molar refractivity (Wildman–Crippen MR) is 85.7 cm³/mol. The molecule has 3 N–H and O–H groups in total. The molecule has 1 aliphatic rings. The number of aliphatic carboxylic acids is 1. The van der Waals surface area contributed by atoms with Gasteiger partial charge in [0.05, 0.1) is 21.5 Å². The van der Waals surface area contributed by atoms with E-state index in [4.69, 9.17) is 28.3 Å². The van der Waals surface area contributed by atoms with Crippen molar-refractivity contribution in [2.24, 2.45) is 5.92 Å². The molecule has 1 atom stereocenters. The van der Waals surface area contributed by atoms with Gasteiger partial charge in [-0.05, 0) is 31.9 Å². The third kappa shape index (κ3) is 4.14. The number of nitrogens with one attached hydrogen (secondary N) is 2. The number of carboxylic acid groups (broad SMARTS) is 1. The lowest BCUT2D eigenvalue weighted by Crippen LogP contribution is -2.52. The van der Waals surface area contributed by atoms with Crippen LogP contribution in [0, 0.1) is 5.92 Å². The summed E-state index contributed by atoms with van der Waals surface area (Å²) in [5.74, 6) is -2.13. The van der Waals surface area contributed by atoms with Crippen LogP contribution in [-0.4, -0.2) is 35.0 Å². The Morgan fingerprint density at radius 3 is 2.52 bits per heavy atom. The fourth-order valence-corrected chi connectivity index (χ4v) is 2.67. The number of hydrogen-bond donors (Lipinski definition) is 3. The number of carbonyl (C=O) groups is 3. The molecule has 1 saturated carbocycles. The third-order valence-corrected chi connectivity index (χ3v) is 4.59. The van der Waals surface area contributed by atoms with Crippen LogP contribution in [0.3, 0.4) is 0 Å². The second-order valence-corrected chi connectivity index (χ2v) is 6.29. The Bertz CT molecular complexity index is 644. The van der Waals surface area contributed by atoms with E-state index in [0.29, 0.717) is 12.8 Å². The second-order valence-electron chi connectivity index (χ2n) is 5.51. The van der Waals surface area contributed by atoms with Gasteiger partial charge >= 0.3 is 5.97 Å². The first-order valence-corrected chi connectivity index (χ1v) is 7.83. The van der Waals surface area contributed by atoms with E-state index < -0.39 is 23.8 Å². The van der Waals surface area contributed by atoms with Gasteiger partial charge in [-0.25, -0.2) is 0 Å². The summed E-state index contributed by atoms with van der Waals surface area (Å²) in [6, 6.07) is 3.72. The summed E-state index contributed by atoms with van der Waals surface area (Å²) in [6.45, 7) is 1.54. The summed E-state index contributed by atoms with van der Waals surface area (Å²) < 4.78 is 0. The van der Waals surface area contributed by atoms with Crippen molar-refractivity contribution in [3.8, 4) is 0 Å². The zero-order chi connectivity index (χ0) is 17.1. The Labute approximate surface area is 143 Å². The summed E-state index contributed by atoms with van der Waals surface area (Å²) in [5.41, 5.74) is 0.188. The van der Waals surface area contributed by atoms with Crippen molar-refractivity contribution in [2.75, 3.05) is 0 Å². The smallest absolute Gasteiger partial charge is 0.306 e. The van der Waals surface area contributed by atoms with Crippen molar-refractivity contribution < 1.29 is 19.5 Å². The van der Waals surface area contributed by atoms with E-state index in [1.807, 2.05) is 0 Å². The summed E-state index contributed by atoms with van der Waals surface area (Å²) in [4.78, 5) is 34.9. The van der Waals surface area contributed by atoms with Crippen molar-refractivity contribution in [3.05, 3.63) is 33.8 Å². The van der Waals surface area contributed by atoms with E-state index in [0.717, 1.165) is 0 Å². The van der Waals surface area contributed by atoms with Crippen LogP contribution >= 0.6 is 23.2 Å². The first kappa shape index (κ1) is 17.6. The van der Waals surface area contributed by atoms with E-state index in [9.17, 15) is 14.4 Å². The minimum absolute atomic E-state index is 0.127. The highest BCUT2D eigenvalue weighted by Crippen LogP contribution is 2.27. The SMILES string of the molecule is CC(NC(=O)c1cccc(Cl)c1Cl)C(=O)NC1CC(C(=O)O)C1. The lowest BCUT2D eigenvalue weighted by molar-refractivity contribution is -0.146. The maximum atomic E-state index is 12.1. The van der Waals surface area contributed by atoms with Crippen LogP contribution in [0.4, 0.5) is 0 Å². The molecule has 1 aromatic carbocycles. The molecule has 124 valence electrons. The molecule has 1 aliphatic carbocycles. The van der Waals surface area contributed by atoms with Gasteiger partial charge in [-0.2, -0.15) is 0 Å². The average Bonchev–Trinajstić information content (AvgIpc) is 2.44. The number of benzene rings is 1. The quantitative estimate of drug-likeness (QED) is 0.750. The molecule has 0 aromatic heterocycles. The number of rotatable bonds is 5. The van der Waals surface area contributed by atoms with Crippen LogP contribution in [0.1, 0.15) is 30.1 Å². The summed E-state index contributed by atoms with van der Waals surface area (Å²) in [5, 5.41) is 14.4. The minimum Gasteiger partial charge on any atom is -0.481 e. The van der Waals surface area contributed by atoms with Gasteiger partial charge in [-0.1, -0.05) is 29.3 Å². The Hall–Kier alpha value is -1.79. The van der Waals surface area contributed by atoms with Crippen molar-refractivity contribution in [3.63, 3.8) is 0 Å². The first-order valence-electron chi connectivity index (χ1n) is 7.07. The molecule has 2 amide bonds. The molecule has 0 aliphatic heterocycles. The average molecular weight is 359 g/mol. The maximum Gasteiger partial charge on any atom is 0.306 e. The molecule has 23 heavy (non-hydrogen) atoms. The molecule has 0 heterocycles. The largest absolute Gasteiger partial charge is 0.481 e. The van der Waals surface area contributed by atoms with E-state index >= 15 is 0 Å². The zero-order valence-electron chi connectivity index (χ0n) is 12.3. The monoisotopic (exact) mass is 358 g/mol. The van der Waals surface area contributed by atoms with E-state index in [1.54, 1.807) is 19.1 Å². The lowest BCUT2D eigenvalue weighted by atomic mass is 9.80. The molecule has 0 radical (unpaired) electrons. The van der Waals surface area contributed by atoms with Gasteiger partial charge in [-0.3, -0.25) is 14.4 Å². The van der Waals surface area contributed by atoms with Gasteiger partial charge in [0.2, 0.25) is 5.91 Å². The highest BCUT2D eigenvalue weighted by atomic mass is 35.5. The van der Waals surface area contributed by atoms with Crippen molar-refractivity contribution >= 4 is 41.0 Å². The Kier molecular flexibility index (Phi) is 5.49. The fourth-order valence-electron chi connectivity index (χ4n) is 2.28. The van der Waals surface area contributed by atoms with Crippen LogP contribution in [0.5, 0.6) is 0 Å². The summed E-state index contributed by atoms with van der Waals surface area (Å²) in [6.07, 6.45) is 0.809. The molecule has 6 nitrogen and oxygen atoms in total. The molecule has 2 rings (SSSR count). The van der Waals surface area contributed by atoms with Gasteiger partial charge in [0.1, 0.15) is 6.04 Å². The maximum absolute atomic E-state index is 12.1. The predicted octanol–water partition coefficient (Wildman–Crippen LogP) is 2.09. The van der Waals surface area contributed by atoms with Crippen molar-refractivity contribution in [2.45, 2.75) is 31.8 Å². The number of amides is 2. The Morgan fingerprint density at radius 1 is 1.26 bits per heavy atom. The topological polar surface area (TPSA) is 95.5 Å². The van der Waals surface area contributed by atoms with Crippen molar-refractivity contribution in [1.29, 1.82) is 0 Å². The third-order valence-electron chi connectivity index (χ3n) is 3.77. The van der Waals surface area contributed by atoms with Crippen LogP contribution in [0.15, 0.2) is 18.2 Å². The molecule has 1 fully saturated rings. The molecule has 0 spiro atoms.